The SMILES string of the molecule is CC1CCCN1CCc1ccc(C2C=CC3CN(C(=O)c4ccccc4)CC32)cc1. The van der Waals surface area contributed by atoms with Crippen LogP contribution in [0.3, 0.4) is 0 Å². The van der Waals surface area contributed by atoms with E-state index in [1.54, 1.807) is 0 Å². The minimum Gasteiger partial charge on any atom is -0.338 e. The maximum absolute atomic E-state index is 12.9. The van der Waals surface area contributed by atoms with Gasteiger partial charge < -0.3 is 9.80 Å². The molecule has 2 heterocycles. The molecule has 156 valence electrons. The molecule has 2 aromatic rings. The first kappa shape index (κ1) is 19.6. The van der Waals surface area contributed by atoms with Gasteiger partial charge in [0.2, 0.25) is 0 Å². The Morgan fingerprint density at radius 1 is 1.00 bits per heavy atom. The Bertz CT molecular complexity index is 904. The number of benzene rings is 2. The molecule has 0 saturated carbocycles. The Morgan fingerprint density at radius 2 is 1.80 bits per heavy atom. The normalized spacial score (nSPS) is 28.2. The van der Waals surface area contributed by atoms with Gasteiger partial charge in [-0.2, -0.15) is 0 Å². The van der Waals surface area contributed by atoms with Gasteiger partial charge in [0.15, 0.2) is 0 Å². The van der Waals surface area contributed by atoms with Gasteiger partial charge in [-0.1, -0.05) is 54.6 Å². The van der Waals surface area contributed by atoms with Crippen LogP contribution in [0.15, 0.2) is 66.7 Å². The Kier molecular flexibility index (Phi) is 5.47. The van der Waals surface area contributed by atoms with Crippen molar-refractivity contribution in [2.75, 3.05) is 26.2 Å². The van der Waals surface area contributed by atoms with Crippen LogP contribution >= 0.6 is 0 Å². The van der Waals surface area contributed by atoms with E-state index in [-0.39, 0.29) is 5.91 Å². The quantitative estimate of drug-likeness (QED) is 0.676. The predicted molar refractivity (Wildman–Crippen MR) is 122 cm³/mol. The third-order valence-electron chi connectivity index (χ3n) is 7.49. The topological polar surface area (TPSA) is 23.6 Å². The van der Waals surface area contributed by atoms with E-state index < -0.39 is 0 Å². The van der Waals surface area contributed by atoms with Crippen molar-refractivity contribution < 1.29 is 4.79 Å². The molecule has 5 rings (SSSR count). The number of likely N-dealkylation sites (tertiary alicyclic amines) is 2. The molecule has 1 amide bonds. The molecule has 3 nitrogen and oxygen atoms in total. The molecule has 4 atom stereocenters. The van der Waals surface area contributed by atoms with E-state index in [1.807, 2.05) is 35.2 Å². The van der Waals surface area contributed by atoms with Crippen LogP contribution in [0.4, 0.5) is 0 Å². The lowest BCUT2D eigenvalue weighted by atomic mass is 9.85. The van der Waals surface area contributed by atoms with Crippen molar-refractivity contribution >= 4 is 5.91 Å². The third-order valence-corrected chi connectivity index (χ3v) is 7.49. The summed E-state index contributed by atoms with van der Waals surface area (Å²) < 4.78 is 0. The minimum absolute atomic E-state index is 0.170. The second-order valence-corrected chi connectivity index (χ2v) is 9.33. The fourth-order valence-electron chi connectivity index (χ4n) is 5.63. The maximum Gasteiger partial charge on any atom is 0.253 e. The number of allylic oxidation sites excluding steroid dienone is 1. The Morgan fingerprint density at radius 3 is 2.53 bits per heavy atom. The number of amides is 1. The molecule has 2 saturated heterocycles. The molecular weight excluding hydrogens is 368 g/mol. The molecule has 0 N–H and O–H groups in total. The highest BCUT2D eigenvalue weighted by atomic mass is 16.2. The molecule has 2 fully saturated rings. The number of hydrogen-bond donors (Lipinski definition) is 0. The lowest BCUT2D eigenvalue weighted by Gasteiger charge is -2.22. The van der Waals surface area contributed by atoms with E-state index in [9.17, 15) is 4.79 Å². The van der Waals surface area contributed by atoms with Gasteiger partial charge >= 0.3 is 0 Å². The van der Waals surface area contributed by atoms with Crippen LogP contribution in [0.25, 0.3) is 0 Å². The molecule has 3 heteroatoms. The zero-order chi connectivity index (χ0) is 20.5. The summed E-state index contributed by atoms with van der Waals surface area (Å²) in [4.78, 5) is 17.5. The van der Waals surface area contributed by atoms with Crippen LogP contribution in [0, 0.1) is 11.8 Å². The van der Waals surface area contributed by atoms with Crippen molar-refractivity contribution in [1.29, 1.82) is 0 Å². The van der Waals surface area contributed by atoms with Gasteiger partial charge in [0.05, 0.1) is 0 Å². The molecule has 2 aliphatic heterocycles. The summed E-state index contributed by atoms with van der Waals surface area (Å²) in [5.41, 5.74) is 3.63. The lowest BCUT2D eigenvalue weighted by Crippen LogP contribution is -2.29. The molecule has 3 aliphatic rings. The van der Waals surface area contributed by atoms with Crippen molar-refractivity contribution in [2.45, 2.75) is 38.1 Å². The van der Waals surface area contributed by atoms with Crippen molar-refractivity contribution in [3.05, 3.63) is 83.4 Å². The van der Waals surface area contributed by atoms with Gasteiger partial charge in [0.25, 0.3) is 5.91 Å². The monoisotopic (exact) mass is 400 g/mol. The van der Waals surface area contributed by atoms with Gasteiger partial charge in [0, 0.05) is 37.2 Å². The maximum atomic E-state index is 12.9. The van der Waals surface area contributed by atoms with E-state index in [2.05, 4.69) is 48.2 Å². The second kappa shape index (κ2) is 8.39. The van der Waals surface area contributed by atoms with Crippen molar-refractivity contribution in [3.63, 3.8) is 0 Å². The number of nitrogens with zero attached hydrogens (tertiary/aromatic N) is 2. The van der Waals surface area contributed by atoms with Gasteiger partial charge in [-0.15, -0.1) is 0 Å². The van der Waals surface area contributed by atoms with Crippen LogP contribution in [-0.4, -0.2) is 47.9 Å². The number of carbonyl (C=O) groups excluding carboxylic acids is 1. The standard InChI is InChI=1S/C27H32N2O/c1-20-6-5-16-28(20)17-15-21-9-11-22(12-10-21)25-14-13-24-18-29(19-26(24)25)27(30)23-7-3-2-4-8-23/h2-4,7-14,20,24-26H,5-6,15-19H2,1H3. The number of hydrogen-bond acceptors (Lipinski definition) is 2. The number of rotatable bonds is 5. The molecule has 4 unspecified atom stereocenters. The third kappa shape index (κ3) is 3.83. The Balaban J connectivity index is 1.21. The molecule has 30 heavy (non-hydrogen) atoms. The van der Waals surface area contributed by atoms with Crippen LogP contribution in [0.2, 0.25) is 0 Å². The average molecular weight is 401 g/mol. The first-order chi connectivity index (χ1) is 14.7. The predicted octanol–water partition coefficient (Wildman–Crippen LogP) is 4.76. The zero-order valence-electron chi connectivity index (χ0n) is 17.9. The summed E-state index contributed by atoms with van der Waals surface area (Å²) in [6, 6.07) is 19.7. The summed E-state index contributed by atoms with van der Waals surface area (Å²) in [6.45, 7) is 6.48. The van der Waals surface area contributed by atoms with E-state index in [4.69, 9.17) is 0 Å². The summed E-state index contributed by atoms with van der Waals surface area (Å²) in [5, 5.41) is 0. The Labute approximate surface area is 180 Å². The van der Waals surface area contributed by atoms with E-state index in [1.165, 1.54) is 37.1 Å². The van der Waals surface area contributed by atoms with Crippen molar-refractivity contribution in [2.24, 2.45) is 11.8 Å². The smallest absolute Gasteiger partial charge is 0.253 e. The first-order valence-electron chi connectivity index (χ1n) is 11.5. The zero-order valence-corrected chi connectivity index (χ0v) is 17.9. The van der Waals surface area contributed by atoms with Gasteiger partial charge in [-0.25, -0.2) is 0 Å². The second-order valence-electron chi connectivity index (χ2n) is 9.33. The van der Waals surface area contributed by atoms with Gasteiger partial charge in [-0.3, -0.25) is 4.79 Å². The van der Waals surface area contributed by atoms with Crippen molar-refractivity contribution in [1.82, 2.24) is 9.80 Å². The minimum atomic E-state index is 0.170. The lowest BCUT2D eigenvalue weighted by molar-refractivity contribution is 0.0784. The van der Waals surface area contributed by atoms with Crippen molar-refractivity contribution in [3.8, 4) is 0 Å². The summed E-state index contributed by atoms with van der Waals surface area (Å²) >= 11 is 0. The highest BCUT2D eigenvalue weighted by molar-refractivity contribution is 5.94. The number of carbonyl (C=O) groups is 1. The average Bonchev–Trinajstić information content (AvgIpc) is 3.49. The largest absolute Gasteiger partial charge is 0.338 e. The van der Waals surface area contributed by atoms with Crippen LogP contribution in [0.1, 0.15) is 47.2 Å². The van der Waals surface area contributed by atoms with E-state index >= 15 is 0 Å². The molecular formula is C27H32N2O. The fourth-order valence-corrected chi connectivity index (χ4v) is 5.63. The number of fused-ring (bicyclic) bond motifs is 1. The van der Waals surface area contributed by atoms with Crippen LogP contribution in [0.5, 0.6) is 0 Å². The van der Waals surface area contributed by atoms with Gasteiger partial charge in [-0.05, 0) is 67.8 Å². The van der Waals surface area contributed by atoms with Crippen LogP contribution in [-0.2, 0) is 6.42 Å². The molecule has 0 spiro atoms. The summed E-state index contributed by atoms with van der Waals surface area (Å²) in [6.07, 6.45) is 8.55. The molecule has 0 aromatic heterocycles. The highest BCUT2D eigenvalue weighted by Crippen LogP contribution is 2.43. The van der Waals surface area contributed by atoms with E-state index in [0.29, 0.717) is 17.8 Å². The molecule has 0 radical (unpaired) electrons. The molecule has 2 aromatic carbocycles. The highest BCUT2D eigenvalue weighted by Gasteiger charge is 2.41. The summed E-state index contributed by atoms with van der Waals surface area (Å²) in [5.74, 6) is 1.59. The Hall–Kier alpha value is -2.39. The van der Waals surface area contributed by atoms with E-state index in [0.717, 1.165) is 31.1 Å². The molecule has 0 bridgehead atoms. The fraction of sp³-hybridized carbons (Fsp3) is 0.444. The van der Waals surface area contributed by atoms with Crippen LogP contribution < -0.4 is 0 Å². The van der Waals surface area contributed by atoms with Gasteiger partial charge in [0.1, 0.15) is 0 Å². The molecule has 1 aliphatic carbocycles. The summed E-state index contributed by atoms with van der Waals surface area (Å²) in [7, 11) is 0. The first-order valence-corrected chi connectivity index (χ1v) is 11.5.